The largest absolute Gasteiger partial charge is 0.491 e. The van der Waals surface area contributed by atoms with E-state index in [2.05, 4.69) is 47.6 Å². The third kappa shape index (κ3) is 10.9. The number of nitrogens with zero attached hydrogens (tertiary/aromatic N) is 3. The van der Waals surface area contributed by atoms with Crippen LogP contribution in [0.4, 0.5) is 0 Å². The average Bonchev–Trinajstić information content (AvgIpc) is 2.89. The lowest BCUT2D eigenvalue weighted by molar-refractivity contribution is -0.137. The van der Waals surface area contributed by atoms with Crippen LogP contribution in [0.5, 0.6) is 5.75 Å². The molecule has 0 saturated carbocycles. The summed E-state index contributed by atoms with van der Waals surface area (Å²) in [6.07, 6.45) is 4.06. The van der Waals surface area contributed by atoms with Gasteiger partial charge >= 0.3 is 5.97 Å². The number of likely N-dealkylation sites (N-methyl/N-ethyl adjacent to an activating group) is 1. The maximum Gasteiger partial charge on any atom is 0.305 e. The summed E-state index contributed by atoms with van der Waals surface area (Å²) in [4.78, 5) is 29.6. The van der Waals surface area contributed by atoms with E-state index in [-0.39, 0.29) is 24.8 Å². The van der Waals surface area contributed by atoms with Crippen molar-refractivity contribution in [2.45, 2.75) is 46.6 Å². The second-order valence-electron chi connectivity index (χ2n) is 10.3. The highest BCUT2D eigenvalue weighted by Crippen LogP contribution is 2.25. The molecule has 2 N–H and O–H groups in total. The van der Waals surface area contributed by atoms with E-state index >= 15 is 0 Å². The van der Waals surface area contributed by atoms with Crippen molar-refractivity contribution in [3.63, 3.8) is 0 Å². The molecule has 9 heteroatoms. The number of pyridine rings is 2. The number of carbonyl (C=O) groups excluding carboxylic acids is 1. The van der Waals surface area contributed by atoms with Crippen molar-refractivity contribution in [2.24, 2.45) is 5.92 Å². The fourth-order valence-electron chi connectivity index (χ4n) is 4.01. The lowest BCUT2D eigenvalue weighted by atomic mass is 10.00. The van der Waals surface area contributed by atoms with Crippen LogP contribution < -0.4 is 10.1 Å². The highest BCUT2D eigenvalue weighted by atomic mass is 32.1. The van der Waals surface area contributed by atoms with Gasteiger partial charge in [0, 0.05) is 36.7 Å². The Morgan fingerprint density at radius 1 is 1.07 bits per heavy atom. The van der Waals surface area contributed by atoms with Gasteiger partial charge in [0.05, 0.1) is 6.42 Å². The van der Waals surface area contributed by atoms with E-state index in [1.807, 2.05) is 52.0 Å². The first-order chi connectivity index (χ1) is 19.0. The molecule has 1 amide bonds. The fourth-order valence-corrected chi connectivity index (χ4v) is 4.25. The lowest BCUT2D eigenvalue weighted by Gasteiger charge is -2.23. The van der Waals surface area contributed by atoms with Gasteiger partial charge in [-0.15, -0.1) is 0 Å². The fraction of sp³-hybridized carbons (Fsp3) is 0.419. The van der Waals surface area contributed by atoms with Gasteiger partial charge in [-0.1, -0.05) is 56.4 Å². The van der Waals surface area contributed by atoms with Crippen LogP contribution in [0.15, 0.2) is 60.9 Å². The molecule has 2 heterocycles. The Morgan fingerprint density at radius 2 is 1.77 bits per heavy atom. The molecule has 0 radical (unpaired) electrons. The number of carboxylic acid groups (broad SMARTS) is 1. The van der Waals surface area contributed by atoms with Crippen LogP contribution >= 0.6 is 12.2 Å². The smallest absolute Gasteiger partial charge is 0.305 e. The third-order valence-electron chi connectivity index (χ3n) is 6.13. The minimum absolute atomic E-state index is 0.0924. The van der Waals surface area contributed by atoms with Crippen molar-refractivity contribution in [3.05, 3.63) is 76.8 Å². The molecule has 0 aliphatic rings. The van der Waals surface area contributed by atoms with Crippen molar-refractivity contribution in [1.82, 2.24) is 19.8 Å². The summed E-state index contributed by atoms with van der Waals surface area (Å²) in [6.45, 7) is 9.62. The number of hydrogen-bond acceptors (Lipinski definition) is 6. The molecule has 3 rings (SSSR count). The molecule has 1 unspecified atom stereocenters. The van der Waals surface area contributed by atoms with E-state index in [0.29, 0.717) is 23.4 Å². The summed E-state index contributed by atoms with van der Waals surface area (Å²) in [5, 5.41) is 11.4. The zero-order valence-electron chi connectivity index (χ0n) is 24.4. The number of aliphatic carboxylic acids is 1. The monoisotopic (exact) mass is 566 g/mol. The number of aryl methyl sites for hydroxylation is 2. The van der Waals surface area contributed by atoms with Gasteiger partial charge in [-0.25, -0.2) is 0 Å². The summed E-state index contributed by atoms with van der Waals surface area (Å²) >= 11 is 5.39. The van der Waals surface area contributed by atoms with Crippen LogP contribution in [0.1, 0.15) is 44.0 Å². The molecule has 8 nitrogen and oxygen atoms in total. The first-order valence-electron chi connectivity index (χ1n) is 13.5. The van der Waals surface area contributed by atoms with E-state index in [9.17, 15) is 9.59 Å². The van der Waals surface area contributed by atoms with E-state index in [0.717, 1.165) is 12.2 Å². The van der Waals surface area contributed by atoms with Crippen LogP contribution in [0.3, 0.4) is 0 Å². The standard InChI is InChI=1S/C18H29N3O4S.C13H13N/c1-13(2)11-15(18(24)19-8-7-17(22)23)21-12-14(5-6-16(21)26)25-10-9-20(3)4;1-10-6-3-4-7-12(10)13-8-5-9-14-11(13)2/h5-6,12-13,15H,7-11H2,1-4H3,(H,19,24)(H,22,23);3-9H,1-2H3. The number of amides is 1. The topological polar surface area (TPSA) is 96.7 Å². The van der Waals surface area contributed by atoms with Crippen molar-refractivity contribution in [1.29, 1.82) is 0 Å². The number of hydrogen-bond donors (Lipinski definition) is 2. The van der Waals surface area contributed by atoms with Crippen LogP contribution in [0.25, 0.3) is 11.1 Å². The third-order valence-corrected chi connectivity index (χ3v) is 6.48. The summed E-state index contributed by atoms with van der Waals surface area (Å²) in [7, 11) is 3.94. The van der Waals surface area contributed by atoms with Gasteiger partial charge in [0.2, 0.25) is 5.91 Å². The van der Waals surface area contributed by atoms with Gasteiger partial charge in [-0.05, 0) is 69.6 Å². The molecule has 0 spiro atoms. The summed E-state index contributed by atoms with van der Waals surface area (Å²) < 4.78 is 8.01. The maximum absolute atomic E-state index is 12.6. The quantitative estimate of drug-likeness (QED) is 0.272. The number of rotatable bonds is 12. The molecule has 216 valence electrons. The molecule has 3 aromatic rings. The van der Waals surface area contributed by atoms with Crippen LogP contribution in [0, 0.1) is 24.4 Å². The van der Waals surface area contributed by atoms with Gasteiger partial charge in [0.25, 0.3) is 0 Å². The second kappa shape index (κ2) is 16.5. The Balaban J connectivity index is 0.000000333. The van der Waals surface area contributed by atoms with Crippen molar-refractivity contribution in [2.75, 3.05) is 33.8 Å². The van der Waals surface area contributed by atoms with Gasteiger partial charge in [0.15, 0.2) is 0 Å². The predicted molar refractivity (Wildman–Crippen MR) is 162 cm³/mol. The van der Waals surface area contributed by atoms with E-state index in [4.69, 9.17) is 22.1 Å². The summed E-state index contributed by atoms with van der Waals surface area (Å²) in [5.74, 6) is -0.266. The normalized spacial score (nSPS) is 11.5. The molecule has 40 heavy (non-hydrogen) atoms. The Kier molecular flexibility index (Phi) is 13.5. The van der Waals surface area contributed by atoms with Gasteiger partial charge in [0.1, 0.15) is 23.0 Å². The molecular weight excluding hydrogens is 524 g/mol. The number of carbonyl (C=O) groups is 2. The highest BCUT2D eigenvalue weighted by Gasteiger charge is 2.22. The van der Waals surface area contributed by atoms with Gasteiger partial charge < -0.3 is 24.6 Å². The van der Waals surface area contributed by atoms with E-state index < -0.39 is 12.0 Å². The number of aromatic nitrogens is 2. The van der Waals surface area contributed by atoms with Gasteiger partial charge in [-0.3, -0.25) is 14.6 Å². The molecular formula is C31H42N4O4S. The minimum atomic E-state index is -0.946. The molecule has 1 atom stereocenters. The molecule has 0 aliphatic carbocycles. The average molecular weight is 567 g/mol. The molecule has 1 aromatic carbocycles. The van der Waals surface area contributed by atoms with Crippen molar-refractivity contribution in [3.8, 4) is 16.9 Å². The lowest BCUT2D eigenvalue weighted by Crippen LogP contribution is -2.35. The maximum atomic E-state index is 12.6. The number of nitrogens with one attached hydrogen (secondary N) is 1. The molecule has 0 bridgehead atoms. The van der Waals surface area contributed by atoms with Crippen molar-refractivity contribution < 1.29 is 19.4 Å². The minimum Gasteiger partial charge on any atom is -0.491 e. The highest BCUT2D eigenvalue weighted by molar-refractivity contribution is 7.71. The van der Waals surface area contributed by atoms with Crippen molar-refractivity contribution >= 4 is 24.1 Å². The molecule has 0 fully saturated rings. The number of benzene rings is 1. The zero-order valence-corrected chi connectivity index (χ0v) is 25.2. The second-order valence-corrected chi connectivity index (χ2v) is 10.7. The van der Waals surface area contributed by atoms with Gasteiger partial charge in [-0.2, -0.15) is 0 Å². The molecule has 2 aromatic heterocycles. The Morgan fingerprint density at radius 3 is 2.40 bits per heavy atom. The predicted octanol–water partition coefficient (Wildman–Crippen LogP) is 5.70. The Labute approximate surface area is 243 Å². The van der Waals surface area contributed by atoms with Crippen LogP contribution in [-0.2, 0) is 9.59 Å². The SMILES string of the molecule is CC(C)CC(C(=O)NCCC(=O)O)n1cc(OCCN(C)C)ccc1=S.Cc1ccccc1-c1cccnc1C. The first-order valence-corrected chi connectivity index (χ1v) is 13.9. The number of carboxylic acids is 1. The van der Waals surface area contributed by atoms with E-state index in [1.54, 1.807) is 22.9 Å². The zero-order chi connectivity index (χ0) is 29.7. The van der Waals surface area contributed by atoms with E-state index in [1.165, 1.54) is 16.7 Å². The number of ether oxygens (including phenoxy) is 1. The molecule has 0 aliphatic heterocycles. The Bertz CT molecular complexity index is 1260. The van der Waals surface area contributed by atoms with Crippen LogP contribution in [0.2, 0.25) is 0 Å². The first kappa shape index (κ1) is 32.7. The molecule has 0 saturated heterocycles. The van der Waals surface area contributed by atoms with Crippen LogP contribution in [-0.4, -0.2) is 65.2 Å². The summed E-state index contributed by atoms with van der Waals surface area (Å²) in [5.41, 5.74) is 4.88. The summed E-state index contributed by atoms with van der Waals surface area (Å²) in [6, 6.07) is 15.5. The Hall–Kier alpha value is -3.56.